The minimum atomic E-state index is -0.112. The van der Waals surface area contributed by atoms with E-state index in [2.05, 4.69) is 49.5 Å². The van der Waals surface area contributed by atoms with Gasteiger partial charge >= 0.3 is 0 Å². The Bertz CT molecular complexity index is 1480. The number of carbonyl (C=O) groups excluding carboxylic acids is 1. The molecule has 0 saturated heterocycles. The molecule has 6 rings (SSSR count). The van der Waals surface area contributed by atoms with E-state index in [9.17, 15) is 4.79 Å². The van der Waals surface area contributed by atoms with Crippen molar-refractivity contribution in [1.29, 1.82) is 0 Å². The molecule has 1 aliphatic carbocycles. The van der Waals surface area contributed by atoms with Crippen molar-refractivity contribution >= 4 is 49.6 Å². The Balaban J connectivity index is 1.50. The van der Waals surface area contributed by atoms with E-state index in [0.29, 0.717) is 17.8 Å². The fourth-order valence-electron chi connectivity index (χ4n) is 4.55. The van der Waals surface area contributed by atoms with Gasteiger partial charge in [-0.05, 0) is 46.9 Å². The van der Waals surface area contributed by atoms with E-state index < -0.39 is 0 Å². The molecule has 2 aromatic heterocycles. The van der Waals surface area contributed by atoms with Crippen molar-refractivity contribution in [2.24, 2.45) is 5.41 Å². The first-order valence-electron chi connectivity index (χ1n) is 10.7. The van der Waals surface area contributed by atoms with Gasteiger partial charge in [0.25, 0.3) is 0 Å². The smallest absolute Gasteiger partial charge is 0.211 e. The Labute approximate surface area is 189 Å². The molecule has 6 heteroatoms. The molecule has 0 fully saturated rings. The highest BCUT2D eigenvalue weighted by Crippen LogP contribution is 2.40. The maximum Gasteiger partial charge on any atom is 0.211 e. The van der Waals surface area contributed by atoms with Crippen LogP contribution in [-0.4, -0.2) is 20.5 Å². The SMILES string of the molecule is CC1(C)CC(=O)c2c(Nc3ccc4ccccc4c3)nn(-c3nc4ccccc4s3)c2C1. The van der Waals surface area contributed by atoms with Crippen molar-refractivity contribution in [3.05, 3.63) is 78.0 Å². The second kappa shape index (κ2) is 7.00. The molecule has 0 atom stereocenters. The van der Waals surface area contributed by atoms with Crippen LogP contribution in [0.5, 0.6) is 0 Å². The molecule has 5 nitrogen and oxygen atoms in total. The molecule has 158 valence electrons. The molecule has 5 aromatic rings. The minimum absolute atomic E-state index is 0.112. The Morgan fingerprint density at radius 2 is 1.75 bits per heavy atom. The van der Waals surface area contributed by atoms with Crippen LogP contribution in [0.2, 0.25) is 0 Å². The second-order valence-electron chi connectivity index (χ2n) is 9.17. The van der Waals surface area contributed by atoms with E-state index in [4.69, 9.17) is 10.1 Å². The first-order chi connectivity index (χ1) is 15.5. The Morgan fingerprint density at radius 3 is 2.59 bits per heavy atom. The number of anilines is 2. The lowest BCUT2D eigenvalue weighted by Crippen LogP contribution is -2.28. The van der Waals surface area contributed by atoms with Gasteiger partial charge in [-0.1, -0.05) is 67.6 Å². The first-order valence-corrected chi connectivity index (χ1v) is 11.6. The van der Waals surface area contributed by atoms with Gasteiger partial charge in [-0.15, -0.1) is 5.10 Å². The summed E-state index contributed by atoms with van der Waals surface area (Å²) in [6.45, 7) is 4.28. The van der Waals surface area contributed by atoms with Crippen LogP contribution in [0.4, 0.5) is 11.5 Å². The maximum absolute atomic E-state index is 13.2. The van der Waals surface area contributed by atoms with Crippen molar-refractivity contribution in [1.82, 2.24) is 14.8 Å². The topological polar surface area (TPSA) is 59.8 Å². The van der Waals surface area contributed by atoms with Crippen molar-refractivity contribution in [2.45, 2.75) is 26.7 Å². The zero-order chi connectivity index (χ0) is 21.9. The Hall–Kier alpha value is -3.51. The van der Waals surface area contributed by atoms with Crippen molar-refractivity contribution in [2.75, 3.05) is 5.32 Å². The van der Waals surface area contributed by atoms with E-state index in [-0.39, 0.29) is 11.2 Å². The number of hydrogen-bond acceptors (Lipinski definition) is 5. The molecule has 0 amide bonds. The first kappa shape index (κ1) is 19.2. The normalized spacial score (nSPS) is 15.2. The van der Waals surface area contributed by atoms with Gasteiger partial charge in [0.15, 0.2) is 11.6 Å². The molecule has 0 bridgehead atoms. The molecule has 0 spiro atoms. The van der Waals surface area contributed by atoms with Gasteiger partial charge in [0.05, 0.1) is 21.5 Å². The summed E-state index contributed by atoms with van der Waals surface area (Å²) in [4.78, 5) is 18.0. The van der Waals surface area contributed by atoms with Gasteiger partial charge in [-0.25, -0.2) is 9.67 Å². The van der Waals surface area contributed by atoms with E-state index in [1.807, 2.05) is 41.1 Å². The van der Waals surface area contributed by atoms with Gasteiger partial charge in [-0.3, -0.25) is 4.79 Å². The molecule has 3 aromatic carbocycles. The zero-order valence-electron chi connectivity index (χ0n) is 17.9. The van der Waals surface area contributed by atoms with E-state index in [1.165, 1.54) is 5.39 Å². The van der Waals surface area contributed by atoms with Crippen LogP contribution in [0.1, 0.15) is 36.3 Å². The largest absolute Gasteiger partial charge is 0.338 e. The number of fused-ring (bicyclic) bond motifs is 3. The summed E-state index contributed by atoms with van der Waals surface area (Å²) in [6, 6.07) is 22.5. The summed E-state index contributed by atoms with van der Waals surface area (Å²) in [5.74, 6) is 0.738. The minimum Gasteiger partial charge on any atom is -0.338 e. The number of benzene rings is 3. The highest BCUT2D eigenvalue weighted by atomic mass is 32.1. The molecule has 0 saturated carbocycles. The van der Waals surface area contributed by atoms with Crippen molar-refractivity contribution in [3.63, 3.8) is 0 Å². The monoisotopic (exact) mass is 438 g/mol. The van der Waals surface area contributed by atoms with E-state index in [0.717, 1.165) is 38.5 Å². The van der Waals surface area contributed by atoms with Gasteiger partial charge in [-0.2, -0.15) is 0 Å². The molecule has 32 heavy (non-hydrogen) atoms. The quantitative estimate of drug-likeness (QED) is 0.348. The number of aromatic nitrogens is 3. The Morgan fingerprint density at radius 1 is 0.969 bits per heavy atom. The summed E-state index contributed by atoms with van der Waals surface area (Å²) < 4.78 is 2.99. The third-order valence-corrected chi connectivity index (χ3v) is 7.03. The third-order valence-electron chi connectivity index (χ3n) is 6.02. The maximum atomic E-state index is 13.2. The summed E-state index contributed by atoms with van der Waals surface area (Å²) >= 11 is 1.60. The number of Topliss-reactive ketones (excluding diaryl/α,β-unsaturated/α-hetero) is 1. The summed E-state index contributed by atoms with van der Waals surface area (Å²) in [7, 11) is 0. The van der Waals surface area contributed by atoms with Gasteiger partial charge in [0.1, 0.15) is 0 Å². The zero-order valence-corrected chi connectivity index (χ0v) is 18.7. The number of rotatable bonds is 3. The fourth-order valence-corrected chi connectivity index (χ4v) is 5.49. The molecular formula is C26H22N4OS. The van der Waals surface area contributed by atoms with Crippen molar-refractivity contribution in [3.8, 4) is 5.13 Å². The summed E-state index contributed by atoms with van der Waals surface area (Å²) in [6.07, 6.45) is 1.29. The number of nitrogens with zero attached hydrogens (tertiary/aromatic N) is 3. The second-order valence-corrected chi connectivity index (χ2v) is 10.2. The number of para-hydroxylation sites is 1. The molecule has 2 heterocycles. The Kier molecular flexibility index (Phi) is 4.20. The lowest BCUT2D eigenvalue weighted by Gasteiger charge is -2.28. The number of ketones is 1. The predicted molar refractivity (Wildman–Crippen MR) is 130 cm³/mol. The number of hydrogen-bond donors (Lipinski definition) is 1. The van der Waals surface area contributed by atoms with E-state index >= 15 is 0 Å². The van der Waals surface area contributed by atoms with Crippen LogP contribution in [-0.2, 0) is 6.42 Å². The molecule has 0 aliphatic heterocycles. The standard InChI is InChI=1S/C26H22N4OS/c1-26(2)14-20-23(21(31)15-26)24(27-18-12-11-16-7-3-4-8-17(16)13-18)29-30(20)25-28-19-9-5-6-10-22(19)32-25/h3-13H,14-15H2,1-2H3,(H,27,29). The number of thiazole rings is 1. The van der Waals surface area contributed by atoms with Crippen LogP contribution in [0.25, 0.3) is 26.1 Å². The highest BCUT2D eigenvalue weighted by molar-refractivity contribution is 7.20. The fraction of sp³-hybridized carbons (Fsp3) is 0.192. The average molecular weight is 439 g/mol. The summed E-state index contributed by atoms with van der Waals surface area (Å²) in [5, 5.41) is 11.4. The van der Waals surface area contributed by atoms with Crippen LogP contribution >= 0.6 is 11.3 Å². The molecule has 0 radical (unpaired) electrons. The highest BCUT2D eigenvalue weighted by Gasteiger charge is 2.37. The molecule has 0 unspecified atom stereocenters. The lowest BCUT2D eigenvalue weighted by molar-refractivity contribution is 0.0912. The molecule has 1 N–H and O–H groups in total. The summed E-state index contributed by atoms with van der Waals surface area (Å²) in [5.41, 5.74) is 3.38. The van der Waals surface area contributed by atoms with Crippen LogP contribution < -0.4 is 5.32 Å². The predicted octanol–water partition coefficient (Wildman–Crippen LogP) is 6.53. The number of nitrogens with one attached hydrogen (secondary N) is 1. The van der Waals surface area contributed by atoms with Crippen LogP contribution in [0, 0.1) is 5.41 Å². The van der Waals surface area contributed by atoms with Crippen molar-refractivity contribution < 1.29 is 4.79 Å². The van der Waals surface area contributed by atoms with Gasteiger partial charge in [0, 0.05) is 12.1 Å². The lowest BCUT2D eigenvalue weighted by atomic mass is 9.76. The van der Waals surface area contributed by atoms with E-state index in [1.54, 1.807) is 11.3 Å². The average Bonchev–Trinajstić information content (AvgIpc) is 3.34. The van der Waals surface area contributed by atoms with Gasteiger partial charge < -0.3 is 5.32 Å². The molecular weight excluding hydrogens is 416 g/mol. The third kappa shape index (κ3) is 3.19. The van der Waals surface area contributed by atoms with Crippen LogP contribution in [0.15, 0.2) is 66.7 Å². The number of carbonyl (C=O) groups is 1. The molecule has 1 aliphatic rings. The van der Waals surface area contributed by atoms with Crippen LogP contribution in [0.3, 0.4) is 0 Å². The van der Waals surface area contributed by atoms with Gasteiger partial charge in [0.2, 0.25) is 5.13 Å².